The molecule has 2 aliphatic rings. The molecule has 2 fully saturated rings. The normalized spacial score (nSPS) is 22.1. The first-order valence-electron chi connectivity index (χ1n) is 10.6. The van der Waals surface area contributed by atoms with Gasteiger partial charge in [0.05, 0.1) is 37.0 Å². The average Bonchev–Trinajstić information content (AvgIpc) is 2.64. The van der Waals surface area contributed by atoms with Crippen molar-refractivity contribution >= 4 is 5.91 Å². The van der Waals surface area contributed by atoms with E-state index in [1.54, 1.807) is 6.07 Å². The van der Waals surface area contributed by atoms with E-state index in [-0.39, 0.29) is 35.8 Å². The van der Waals surface area contributed by atoms with E-state index >= 15 is 0 Å². The van der Waals surface area contributed by atoms with E-state index in [1.807, 2.05) is 20.8 Å². The minimum absolute atomic E-state index is 0.0174. The lowest BCUT2D eigenvalue weighted by Crippen LogP contribution is -2.61. The van der Waals surface area contributed by atoms with Crippen LogP contribution in [-0.4, -0.2) is 79.3 Å². The Hall–Kier alpha value is -2.28. The molecule has 1 amide bonds. The number of halogens is 2. The van der Waals surface area contributed by atoms with Gasteiger partial charge in [-0.2, -0.15) is 5.26 Å². The van der Waals surface area contributed by atoms with Crippen molar-refractivity contribution in [3.8, 4) is 11.8 Å². The number of nitrogens with zero attached hydrogens (tertiary/aromatic N) is 3. The zero-order valence-electron chi connectivity index (χ0n) is 18.3. The number of rotatable bonds is 7. The summed E-state index contributed by atoms with van der Waals surface area (Å²) in [5.74, 6) is -2.16. The second-order valence-electron chi connectivity index (χ2n) is 9.21. The largest absolute Gasteiger partial charge is 0.488 e. The first kappa shape index (κ1) is 23.4. The van der Waals surface area contributed by atoms with Crippen molar-refractivity contribution in [2.75, 3.05) is 45.9 Å². The molecule has 0 spiro atoms. The fourth-order valence-electron chi connectivity index (χ4n) is 4.06. The highest BCUT2D eigenvalue weighted by Crippen LogP contribution is 2.24. The van der Waals surface area contributed by atoms with Crippen molar-refractivity contribution in [2.24, 2.45) is 0 Å². The lowest BCUT2D eigenvalue weighted by atomic mass is 10.1. The maximum Gasteiger partial charge on any atom is 0.234 e. The van der Waals surface area contributed by atoms with Crippen LogP contribution in [0.15, 0.2) is 12.1 Å². The van der Waals surface area contributed by atoms with Crippen LogP contribution in [0.4, 0.5) is 8.78 Å². The Morgan fingerprint density at radius 2 is 1.77 bits per heavy atom. The third-order valence-corrected chi connectivity index (χ3v) is 5.11. The summed E-state index contributed by atoms with van der Waals surface area (Å²) in [7, 11) is 0. The van der Waals surface area contributed by atoms with Gasteiger partial charge in [0.15, 0.2) is 17.4 Å². The van der Waals surface area contributed by atoms with Gasteiger partial charge in [-0.15, -0.1) is 0 Å². The summed E-state index contributed by atoms with van der Waals surface area (Å²) in [6.45, 7) is 10.0. The van der Waals surface area contributed by atoms with Crippen LogP contribution in [0.2, 0.25) is 0 Å². The van der Waals surface area contributed by atoms with Gasteiger partial charge in [0, 0.05) is 38.3 Å². The molecule has 0 saturated carbocycles. The van der Waals surface area contributed by atoms with Crippen molar-refractivity contribution in [3.63, 3.8) is 0 Å². The minimum atomic E-state index is -0.868. The van der Waals surface area contributed by atoms with Crippen molar-refractivity contribution < 1.29 is 23.0 Å². The van der Waals surface area contributed by atoms with Gasteiger partial charge in [0.2, 0.25) is 5.91 Å². The monoisotopic (exact) mass is 436 g/mol. The highest BCUT2D eigenvalue weighted by molar-refractivity contribution is 5.78. The molecule has 2 saturated heterocycles. The third kappa shape index (κ3) is 6.86. The van der Waals surface area contributed by atoms with E-state index in [0.717, 1.165) is 31.8 Å². The van der Waals surface area contributed by atoms with Gasteiger partial charge in [-0.3, -0.25) is 14.6 Å². The molecule has 2 atom stereocenters. The molecule has 0 aromatic heterocycles. The van der Waals surface area contributed by atoms with E-state index in [0.29, 0.717) is 26.1 Å². The van der Waals surface area contributed by atoms with Crippen LogP contribution >= 0.6 is 0 Å². The van der Waals surface area contributed by atoms with Gasteiger partial charge in [-0.25, -0.2) is 8.78 Å². The molecule has 3 rings (SSSR count). The van der Waals surface area contributed by atoms with Crippen LogP contribution in [0.25, 0.3) is 0 Å². The number of morpholine rings is 2. The third-order valence-electron chi connectivity index (χ3n) is 5.11. The van der Waals surface area contributed by atoms with E-state index in [1.165, 1.54) is 0 Å². The molecule has 0 aliphatic carbocycles. The number of amides is 1. The summed E-state index contributed by atoms with van der Waals surface area (Å²) in [6.07, 6.45) is 0.671. The van der Waals surface area contributed by atoms with Crippen LogP contribution in [0, 0.1) is 23.0 Å². The summed E-state index contributed by atoms with van der Waals surface area (Å²) in [5.41, 5.74) is -0.325. The highest BCUT2D eigenvalue weighted by Gasteiger charge is 2.35. The van der Waals surface area contributed by atoms with Crippen LogP contribution in [-0.2, 0) is 9.53 Å². The Labute approximate surface area is 181 Å². The molecule has 2 unspecified atom stereocenters. The zero-order chi connectivity index (χ0) is 22.6. The number of benzene rings is 1. The first-order valence-corrected chi connectivity index (χ1v) is 10.6. The Morgan fingerprint density at radius 1 is 1.19 bits per heavy atom. The molecule has 31 heavy (non-hydrogen) atoms. The average molecular weight is 437 g/mol. The zero-order valence-corrected chi connectivity index (χ0v) is 18.3. The molecule has 1 aromatic rings. The maximum atomic E-state index is 13.9. The molecule has 9 heteroatoms. The van der Waals surface area contributed by atoms with Gasteiger partial charge in [-0.05, 0) is 39.3 Å². The number of ether oxygens (including phenoxy) is 2. The SMILES string of the molecule is CC(C)(C)NC(=O)CN1CC2CN(CCCOc3c(F)cc(C#N)cc3F)CC(C1)O2. The van der Waals surface area contributed by atoms with Crippen molar-refractivity contribution in [1.29, 1.82) is 5.26 Å². The quantitative estimate of drug-likeness (QED) is 0.658. The molecule has 2 heterocycles. The van der Waals surface area contributed by atoms with E-state index in [4.69, 9.17) is 14.7 Å². The molecule has 1 aromatic carbocycles. The van der Waals surface area contributed by atoms with Gasteiger partial charge in [0.1, 0.15) is 0 Å². The predicted molar refractivity (Wildman–Crippen MR) is 111 cm³/mol. The van der Waals surface area contributed by atoms with Crippen LogP contribution < -0.4 is 10.1 Å². The van der Waals surface area contributed by atoms with E-state index in [9.17, 15) is 13.6 Å². The standard InChI is InChI=1S/C22H30F2N4O3/c1-22(2,3)26-20(29)14-28-12-16-10-27(11-17(13-28)31-16)5-4-6-30-21-18(23)7-15(9-25)8-19(21)24/h7-8,16-17H,4-6,10-14H2,1-3H3,(H,26,29). The smallest absolute Gasteiger partial charge is 0.234 e. The lowest BCUT2D eigenvalue weighted by Gasteiger charge is -2.45. The highest BCUT2D eigenvalue weighted by atomic mass is 19.1. The second-order valence-corrected chi connectivity index (χ2v) is 9.21. The summed E-state index contributed by atoms with van der Waals surface area (Å²) in [4.78, 5) is 16.6. The maximum absolute atomic E-state index is 13.9. The van der Waals surface area contributed by atoms with Crippen LogP contribution in [0.5, 0.6) is 5.75 Å². The number of hydrogen-bond acceptors (Lipinski definition) is 6. The number of carbonyl (C=O) groups excluding carboxylic acids is 1. The van der Waals surface area contributed by atoms with Gasteiger partial charge in [-0.1, -0.05) is 0 Å². The predicted octanol–water partition coefficient (Wildman–Crippen LogP) is 1.91. The molecule has 1 N–H and O–H groups in total. The van der Waals surface area contributed by atoms with E-state index in [2.05, 4.69) is 15.1 Å². The number of carbonyl (C=O) groups is 1. The minimum Gasteiger partial charge on any atom is -0.488 e. The fraction of sp³-hybridized carbons (Fsp3) is 0.636. The van der Waals surface area contributed by atoms with Crippen molar-refractivity contribution in [2.45, 2.75) is 44.9 Å². The van der Waals surface area contributed by atoms with Gasteiger partial charge in [0.25, 0.3) is 0 Å². The summed E-state index contributed by atoms with van der Waals surface area (Å²) >= 11 is 0. The van der Waals surface area contributed by atoms with Gasteiger partial charge >= 0.3 is 0 Å². The summed E-state index contributed by atoms with van der Waals surface area (Å²) in [6, 6.07) is 3.64. The van der Waals surface area contributed by atoms with E-state index < -0.39 is 17.4 Å². The molecule has 170 valence electrons. The molecule has 0 radical (unpaired) electrons. The molecule has 2 bridgehead atoms. The lowest BCUT2D eigenvalue weighted by molar-refractivity contribution is -0.145. The Morgan fingerprint density at radius 3 is 2.32 bits per heavy atom. The fourth-order valence-corrected chi connectivity index (χ4v) is 4.06. The van der Waals surface area contributed by atoms with Crippen molar-refractivity contribution in [3.05, 3.63) is 29.3 Å². The first-order chi connectivity index (χ1) is 14.6. The van der Waals surface area contributed by atoms with Gasteiger partial charge < -0.3 is 14.8 Å². The Balaban J connectivity index is 1.41. The summed E-state index contributed by atoms with van der Waals surface area (Å²) < 4.78 is 39.1. The second kappa shape index (κ2) is 9.90. The van der Waals surface area contributed by atoms with Crippen molar-refractivity contribution in [1.82, 2.24) is 15.1 Å². The number of nitriles is 1. The number of fused-ring (bicyclic) bond motifs is 2. The molecular weight excluding hydrogens is 406 g/mol. The molecular formula is C22H30F2N4O3. The molecule has 7 nitrogen and oxygen atoms in total. The number of hydrogen-bond donors (Lipinski definition) is 1. The Kier molecular flexibility index (Phi) is 7.46. The topological polar surface area (TPSA) is 77.8 Å². The molecule has 2 aliphatic heterocycles. The number of nitrogens with one attached hydrogen (secondary N) is 1. The Bertz CT molecular complexity index is 800. The van der Waals surface area contributed by atoms with Crippen LogP contribution in [0.1, 0.15) is 32.8 Å². The summed E-state index contributed by atoms with van der Waals surface area (Å²) in [5, 5.41) is 11.7. The van der Waals surface area contributed by atoms with Crippen LogP contribution in [0.3, 0.4) is 0 Å².